The number of hydrogen-bond donors (Lipinski definition) is 1. The van der Waals surface area contributed by atoms with Crippen molar-refractivity contribution in [2.24, 2.45) is 0 Å². The maximum absolute atomic E-state index is 11.4. The summed E-state index contributed by atoms with van der Waals surface area (Å²) in [7, 11) is 1.69. The molecular formula is C33H39NO4. The van der Waals surface area contributed by atoms with E-state index in [9.17, 15) is 4.79 Å². The molecular weight excluding hydrogens is 474 g/mol. The minimum Gasteiger partial charge on any atom is -0.496 e. The summed E-state index contributed by atoms with van der Waals surface area (Å²) in [5, 5.41) is 2.91. The first-order valence-corrected chi connectivity index (χ1v) is 13.5. The van der Waals surface area contributed by atoms with Crippen LogP contribution in [0, 0.1) is 0 Å². The van der Waals surface area contributed by atoms with Crippen LogP contribution in [0.5, 0.6) is 11.5 Å². The van der Waals surface area contributed by atoms with Crippen LogP contribution < -0.4 is 14.8 Å². The summed E-state index contributed by atoms with van der Waals surface area (Å²) in [5.41, 5.74) is 6.66. The number of amides is 1. The Labute approximate surface area is 226 Å². The fourth-order valence-corrected chi connectivity index (χ4v) is 4.98. The first kappa shape index (κ1) is 27.5. The van der Waals surface area contributed by atoms with Crippen LogP contribution in [-0.2, 0) is 22.6 Å². The Hall–Kier alpha value is -3.57. The molecule has 0 spiro atoms. The Balaban J connectivity index is 1.41. The van der Waals surface area contributed by atoms with Gasteiger partial charge in [-0.25, -0.2) is 0 Å². The number of hydrogen-bond acceptors (Lipinski definition) is 4. The predicted octanol–water partition coefficient (Wildman–Crippen LogP) is 6.98. The van der Waals surface area contributed by atoms with Crippen LogP contribution in [0.2, 0.25) is 0 Å². The lowest BCUT2D eigenvalue weighted by Gasteiger charge is -2.29. The third-order valence-corrected chi connectivity index (χ3v) is 7.11. The van der Waals surface area contributed by atoms with Crippen molar-refractivity contribution in [1.29, 1.82) is 0 Å². The van der Waals surface area contributed by atoms with Gasteiger partial charge >= 0.3 is 0 Å². The molecule has 4 rings (SSSR count). The molecule has 1 N–H and O–H groups in total. The summed E-state index contributed by atoms with van der Waals surface area (Å²) < 4.78 is 18.1. The number of ether oxygens (including phenoxy) is 3. The molecule has 3 aromatic carbocycles. The molecule has 5 heteroatoms. The average Bonchev–Trinajstić information content (AvgIpc) is 2.93. The van der Waals surface area contributed by atoms with Crippen molar-refractivity contribution in [2.45, 2.75) is 64.8 Å². The van der Waals surface area contributed by atoms with Crippen molar-refractivity contribution in [3.8, 4) is 22.6 Å². The quantitative estimate of drug-likeness (QED) is 0.300. The molecule has 1 aliphatic carbocycles. The van der Waals surface area contributed by atoms with E-state index in [1.807, 2.05) is 25.1 Å². The van der Waals surface area contributed by atoms with Gasteiger partial charge in [-0.3, -0.25) is 4.79 Å². The van der Waals surface area contributed by atoms with E-state index in [0.29, 0.717) is 13.2 Å². The molecule has 0 aromatic heterocycles. The first-order valence-electron chi connectivity index (χ1n) is 13.5. The average molecular weight is 514 g/mol. The van der Waals surface area contributed by atoms with E-state index in [2.05, 4.69) is 60.4 Å². The minimum atomic E-state index is -0.0155. The minimum absolute atomic E-state index is 0.0155. The summed E-state index contributed by atoms with van der Waals surface area (Å²) in [6.07, 6.45) is 5.02. The Morgan fingerprint density at radius 1 is 0.921 bits per heavy atom. The standard InChI is InChI=1S/C33H39NO4/c1-23(2)26-9-7-10-27(20-26)32-21-31(13-12-25(32)18-19-34-24(3)35)38-30-16-14-29(15-17-30)37-22-28-8-5-6-11-33(28)36-4/h5-13,20-21,29-30H,1,14-19,22H2,2-4H3,(H,34,35). The molecule has 0 atom stereocenters. The lowest BCUT2D eigenvalue weighted by Crippen LogP contribution is -2.28. The smallest absolute Gasteiger partial charge is 0.216 e. The molecule has 0 radical (unpaired) electrons. The number of methoxy groups -OCH3 is 1. The number of benzene rings is 3. The van der Waals surface area contributed by atoms with Crippen molar-refractivity contribution in [1.82, 2.24) is 5.32 Å². The molecule has 0 heterocycles. The van der Waals surface area contributed by atoms with Gasteiger partial charge in [0.15, 0.2) is 0 Å². The van der Waals surface area contributed by atoms with Gasteiger partial charge in [0.25, 0.3) is 0 Å². The SMILES string of the molecule is C=C(C)c1cccc(-c2cc(OC3CCC(OCc4ccccc4OC)CC3)ccc2CCNC(C)=O)c1. The number of allylic oxidation sites excluding steroid dienone is 1. The number of nitrogens with one attached hydrogen (secondary N) is 1. The molecule has 0 saturated heterocycles. The fourth-order valence-electron chi connectivity index (χ4n) is 4.98. The Bertz CT molecular complexity index is 1240. The van der Waals surface area contributed by atoms with Crippen molar-refractivity contribution in [3.63, 3.8) is 0 Å². The molecule has 1 aliphatic rings. The van der Waals surface area contributed by atoms with Crippen molar-refractivity contribution in [2.75, 3.05) is 13.7 Å². The highest BCUT2D eigenvalue weighted by Crippen LogP contribution is 2.33. The number of para-hydroxylation sites is 1. The highest BCUT2D eigenvalue weighted by molar-refractivity contribution is 5.75. The third-order valence-electron chi connectivity index (χ3n) is 7.11. The van der Waals surface area contributed by atoms with E-state index in [4.69, 9.17) is 14.2 Å². The Kier molecular flexibility index (Phi) is 9.61. The monoisotopic (exact) mass is 513 g/mol. The zero-order valence-electron chi connectivity index (χ0n) is 22.8. The summed E-state index contributed by atoms with van der Waals surface area (Å²) in [5.74, 6) is 1.73. The first-order chi connectivity index (χ1) is 18.4. The molecule has 200 valence electrons. The summed E-state index contributed by atoms with van der Waals surface area (Å²) in [4.78, 5) is 11.4. The maximum atomic E-state index is 11.4. The largest absolute Gasteiger partial charge is 0.496 e. The molecule has 0 aliphatic heterocycles. The van der Waals surface area contributed by atoms with Crippen LogP contribution in [-0.4, -0.2) is 31.8 Å². The van der Waals surface area contributed by atoms with Gasteiger partial charge < -0.3 is 19.5 Å². The van der Waals surface area contributed by atoms with Crippen molar-refractivity contribution >= 4 is 11.5 Å². The highest BCUT2D eigenvalue weighted by Gasteiger charge is 2.23. The van der Waals surface area contributed by atoms with Gasteiger partial charge in [-0.05, 0) is 85.5 Å². The molecule has 1 amide bonds. The molecule has 0 bridgehead atoms. The predicted molar refractivity (Wildman–Crippen MR) is 153 cm³/mol. The van der Waals surface area contributed by atoms with Crippen LogP contribution in [0.15, 0.2) is 73.3 Å². The number of rotatable bonds is 11. The van der Waals surface area contributed by atoms with Crippen molar-refractivity contribution in [3.05, 3.63) is 90.0 Å². The molecule has 1 saturated carbocycles. The van der Waals surface area contributed by atoms with E-state index in [1.54, 1.807) is 14.0 Å². The second kappa shape index (κ2) is 13.3. The topological polar surface area (TPSA) is 56.8 Å². The number of carbonyl (C=O) groups is 1. The molecule has 38 heavy (non-hydrogen) atoms. The van der Waals surface area contributed by atoms with E-state index >= 15 is 0 Å². The summed E-state index contributed by atoms with van der Waals surface area (Å²) >= 11 is 0. The van der Waals surface area contributed by atoms with Gasteiger partial charge in [-0.15, -0.1) is 0 Å². The highest BCUT2D eigenvalue weighted by atomic mass is 16.5. The zero-order valence-corrected chi connectivity index (χ0v) is 22.8. The van der Waals surface area contributed by atoms with Crippen LogP contribution in [0.25, 0.3) is 16.7 Å². The fraction of sp³-hybridized carbons (Fsp3) is 0.364. The van der Waals surface area contributed by atoms with Crippen LogP contribution in [0.4, 0.5) is 0 Å². The lowest BCUT2D eigenvalue weighted by molar-refractivity contribution is -0.118. The van der Waals surface area contributed by atoms with Crippen LogP contribution in [0.3, 0.4) is 0 Å². The second-order valence-electron chi connectivity index (χ2n) is 10.1. The summed E-state index contributed by atoms with van der Waals surface area (Å²) in [6.45, 7) is 8.83. The third kappa shape index (κ3) is 7.48. The molecule has 5 nitrogen and oxygen atoms in total. The molecule has 3 aromatic rings. The molecule has 0 unspecified atom stereocenters. The van der Waals surface area contributed by atoms with E-state index < -0.39 is 0 Å². The second-order valence-corrected chi connectivity index (χ2v) is 10.1. The lowest BCUT2D eigenvalue weighted by atomic mass is 9.93. The Morgan fingerprint density at radius 2 is 1.68 bits per heavy atom. The molecule has 1 fully saturated rings. The van der Waals surface area contributed by atoms with E-state index in [0.717, 1.165) is 71.4 Å². The van der Waals surface area contributed by atoms with Gasteiger partial charge in [-0.2, -0.15) is 0 Å². The van der Waals surface area contributed by atoms with E-state index in [-0.39, 0.29) is 18.1 Å². The van der Waals surface area contributed by atoms with E-state index in [1.165, 1.54) is 5.56 Å². The van der Waals surface area contributed by atoms with Gasteiger partial charge in [-0.1, -0.05) is 54.6 Å². The van der Waals surface area contributed by atoms with Crippen LogP contribution >= 0.6 is 0 Å². The summed E-state index contributed by atoms with van der Waals surface area (Å²) in [6, 6.07) is 22.8. The van der Waals surface area contributed by atoms with Gasteiger partial charge in [0.1, 0.15) is 11.5 Å². The van der Waals surface area contributed by atoms with Gasteiger partial charge in [0.2, 0.25) is 5.91 Å². The Morgan fingerprint density at radius 3 is 2.42 bits per heavy atom. The number of carbonyl (C=O) groups excluding carboxylic acids is 1. The maximum Gasteiger partial charge on any atom is 0.216 e. The van der Waals surface area contributed by atoms with Gasteiger partial charge in [0, 0.05) is 19.0 Å². The zero-order chi connectivity index (χ0) is 26.9. The normalized spacial score (nSPS) is 17.0. The van der Waals surface area contributed by atoms with Crippen LogP contribution in [0.1, 0.15) is 56.2 Å². The van der Waals surface area contributed by atoms with Gasteiger partial charge in [0.05, 0.1) is 25.9 Å². The van der Waals surface area contributed by atoms with Crippen molar-refractivity contribution < 1.29 is 19.0 Å².